The monoisotopic (exact) mass is 395 g/mol. The van der Waals surface area contributed by atoms with E-state index in [0.717, 1.165) is 69.1 Å². The third-order valence-electron chi connectivity index (χ3n) is 6.55. The van der Waals surface area contributed by atoms with Crippen LogP contribution >= 0.6 is 0 Å². The van der Waals surface area contributed by atoms with Gasteiger partial charge in [-0.25, -0.2) is 0 Å². The maximum absolute atomic E-state index is 12.6. The van der Waals surface area contributed by atoms with Crippen LogP contribution in [0.4, 0.5) is 5.69 Å². The molecule has 6 heteroatoms. The van der Waals surface area contributed by atoms with E-state index in [1.807, 2.05) is 18.5 Å². The van der Waals surface area contributed by atoms with Gasteiger partial charge in [0.15, 0.2) is 0 Å². The summed E-state index contributed by atoms with van der Waals surface area (Å²) in [6, 6.07) is 9.47. The Morgan fingerprint density at radius 1 is 1.14 bits per heavy atom. The molecule has 29 heavy (non-hydrogen) atoms. The van der Waals surface area contributed by atoms with Gasteiger partial charge in [0.25, 0.3) is 0 Å². The van der Waals surface area contributed by atoms with Gasteiger partial charge >= 0.3 is 0 Å². The number of anilines is 1. The second-order valence-corrected chi connectivity index (χ2v) is 8.41. The van der Waals surface area contributed by atoms with Gasteiger partial charge < -0.3 is 5.32 Å². The minimum Gasteiger partial charge on any atom is -0.322 e. The summed E-state index contributed by atoms with van der Waals surface area (Å²) in [5, 5.41) is 7.58. The van der Waals surface area contributed by atoms with Crippen molar-refractivity contribution >= 4 is 11.6 Å². The van der Waals surface area contributed by atoms with E-state index in [1.165, 1.54) is 11.1 Å². The maximum Gasteiger partial charge on any atom is 0.238 e. The van der Waals surface area contributed by atoms with E-state index in [0.29, 0.717) is 12.6 Å². The number of aryl methyl sites for hydroxylation is 2. The highest BCUT2D eigenvalue weighted by Gasteiger charge is 2.28. The third kappa shape index (κ3) is 4.38. The Hall–Kier alpha value is -2.18. The quantitative estimate of drug-likeness (QED) is 0.846. The van der Waals surface area contributed by atoms with Crippen LogP contribution in [0.2, 0.25) is 0 Å². The van der Waals surface area contributed by atoms with Crippen LogP contribution in [-0.4, -0.2) is 57.7 Å². The van der Waals surface area contributed by atoms with Gasteiger partial charge in [-0.05, 0) is 51.2 Å². The lowest BCUT2D eigenvalue weighted by Crippen LogP contribution is -2.48. The van der Waals surface area contributed by atoms with Gasteiger partial charge in [0.1, 0.15) is 0 Å². The van der Waals surface area contributed by atoms with E-state index in [1.54, 1.807) is 0 Å². The molecule has 0 saturated carbocycles. The van der Waals surface area contributed by atoms with Crippen LogP contribution < -0.4 is 5.32 Å². The summed E-state index contributed by atoms with van der Waals surface area (Å²) in [6.45, 7) is 11.5. The fraction of sp³-hybridized carbons (Fsp3) is 0.565. The third-order valence-corrected chi connectivity index (χ3v) is 6.55. The SMILES string of the molecule is CCn1nc(C)c(NC(=O)CN2CCC(N3CCc4ccccc4C3)CC2)c1C. The van der Waals surface area contributed by atoms with Gasteiger partial charge in [0.2, 0.25) is 5.91 Å². The Kier molecular flexibility index (Phi) is 6.01. The molecule has 0 unspecified atom stereocenters. The fourth-order valence-corrected chi connectivity index (χ4v) is 4.84. The average molecular weight is 396 g/mol. The smallest absolute Gasteiger partial charge is 0.238 e. The van der Waals surface area contributed by atoms with Crippen molar-refractivity contribution in [3.8, 4) is 0 Å². The molecule has 1 saturated heterocycles. The summed E-state index contributed by atoms with van der Waals surface area (Å²) in [5.41, 5.74) is 5.79. The van der Waals surface area contributed by atoms with Crippen molar-refractivity contribution in [3.05, 3.63) is 46.8 Å². The summed E-state index contributed by atoms with van der Waals surface area (Å²) in [5.74, 6) is 0.0669. The number of nitrogens with one attached hydrogen (secondary N) is 1. The first-order valence-electron chi connectivity index (χ1n) is 10.9. The van der Waals surface area contributed by atoms with E-state index in [2.05, 4.69) is 51.4 Å². The standard InChI is InChI=1S/C23H33N5O/c1-4-28-18(3)23(17(2)25-28)24-22(29)16-26-12-10-21(11-13-26)27-14-9-19-7-5-6-8-20(19)15-27/h5-8,21H,4,9-16H2,1-3H3,(H,24,29). The van der Waals surface area contributed by atoms with Crippen molar-refractivity contribution in [1.82, 2.24) is 19.6 Å². The predicted molar refractivity (Wildman–Crippen MR) is 116 cm³/mol. The Labute approximate surface area is 173 Å². The molecule has 1 aromatic heterocycles. The van der Waals surface area contributed by atoms with E-state index < -0.39 is 0 Å². The van der Waals surface area contributed by atoms with Crippen LogP contribution in [0.1, 0.15) is 42.3 Å². The zero-order valence-corrected chi connectivity index (χ0v) is 17.9. The summed E-state index contributed by atoms with van der Waals surface area (Å²) >= 11 is 0. The predicted octanol–water partition coefficient (Wildman–Crippen LogP) is 2.98. The van der Waals surface area contributed by atoms with E-state index >= 15 is 0 Å². The number of aromatic nitrogens is 2. The van der Waals surface area contributed by atoms with Crippen molar-refractivity contribution in [2.24, 2.45) is 0 Å². The molecular formula is C23H33N5O. The number of hydrogen-bond acceptors (Lipinski definition) is 4. The lowest BCUT2D eigenvalue weighted by atomic mass is 9.95. The molecule has 1 N–H and O–H groups in total. The van der Waals surface area contributed by atoms with Crippen LogP contribution in [-0.2, 0) is 24.3 Å². The molecule has 6 nitrogen and oxygen atoms in total. The molecule has 156 valence electrons. The minimum absolute atomic E-state index is 0.0669. The number of rotatable bonds is 5. The first-order valence-corrected chi connectivity index (χ1v) is 10.9. The lowest BCUT2D eigenvalue weighted by molar-refractivity contribution is -0.117. The van der Waals surface area contributed by atoms with Crippen molar-refractivity contribution < 1.29 is 4.79 Å². The summed E-state index contributed by atoms with van der Waals surface area (Å²) in [4.78, 5) is 17.5. The molecule has 4 rings (SSSR count). The summed E-state index contributed by atoms with van der Waals surface area (Å²) in [6.07, 6.45) is 3.44. The first-order chi connectivity index (χ1) is 14.0. The van der Waals surface area contributed by atoms with Crippen LogP contribution in [0.3, 0.4) is 0 Å². The molecule has 0 atom stereocenters. The van der Waals surface area contributed by atoms with Crippen LogP contribution in [0.5, 0.6) is 0 Å². The highest BCUT2D eigenvalue weighted by atomic mass is 16.2. The topological polar surface area (TPSA) is 53.4 Å². The lowest BCUT2D eigenvalue weighted by Gasteiger charge is -2.40. The van der Waals surface area contributed by atoms with Crippen molar-refractivity contribution in [2.45, 2.75) is 59.2 Å². The normalized spacial score (nSPS) is 18.6. The number of likely N-dealkylation sites (tertiary alicyclic amines) is 1. The average Bonchev–Trinajstić information content (AvgIpc) is 3.01. The summed E-state index contributed by atoms with van der Waals surface area (Å²) in [7, 11) is 0. The van der Waals surface area contributed by atoms with Gasteiger partial charge in [-0.3, -0.25) is 19.3 Å². The van der Waals surface area contributed by atoms with Crippen LogP contribution in [0.25, 0.3) is 0 Å². The van der Waals surface area contributed by atoms with Crippen molar-refractivity contribution in [1.29, 1.82) is 0 Å². The van der Waals surface area contributed by atoms with E-state index in [4.69, 9.17) is 0 Å². The maximum atomic E-state index is 12.6. The van der Waals surface area contributed by atoms with Gasteiger partial charge in [-0.2, -0.15) is 5.10 Å². The van der Waals surface area contributed by atoms with Crippen molar-refractivity contribution in [2.75, 3.05) is 31.5 Å². The molecule has 2 aromatic rings. The number of carbonyl (C=O) groups is 1. The Morgan fingerprint density at radius 3 is 2.55 bits per heavy atom. The molecule has 2 aliphatic heterocycles. The van der Waals surface area contributed by atoms with E-state index in [-0.39, 0.29) is 5.91 Å². The number of carbonyl (C=O) groups excluding carboxylic acids is 1. The first kappa shape index (κ1) is 20.1. The second kappa shape index (κ2) is 8.67. The molecule has 1 amide bonds. The molecule has 0 aliphatic carbocycles. The molecule has 3 heterocycles. The Balaban J connectivity index is 1.27. The molecule has 0 spiro atoms. The molecule has 1 fully saturated rings. The summed E-state index contributed by atoms with van der Waals surface area (Å²) < 4.78 is 1.94. The highest BCUT2D eigenvalue weighted by Crippen LogP contribution is 2.25. The number of nitrogens with zero attached hydrogens (tertiary/aromatic N) is 4. The molecule has 1 aromatic carbocycles. The molecule has 0 bridgehead atoms. The fourth-order valence-electron chi connectivity index (χ4n) is 4.84. The Morgan fingerprint density at radius 2 is 1.86 bits per heavy atom. The number of hydrogen-bond donors (Lipinski definition) is 1. The molecule has 2 aliphatic rings. The zero-order valence-electron chi connectivity index (χ0n) is 17.9. The zero-order chi connectivity index (χ0) is 20.4. The minimum atomic E-state index is 0.0669. The number of amides is 1. The van der Waals surface area contributed by atoms with Gasteiger partial charge in [0.05, 0.1) is 23.6 Å². The largest absolute Gasteiger partial charge is 0.322 e. The Bertz CT molecular complexity index is 866. The highest BCUT2D eigenvalue weighted by molar-refractivity contribution is 5.93. The number of piperidine rings is 1. The van der Waals surface area contributed by atoms with Gasteiger partial charge in [-0.1, -0.05) is 24.3 Å². The number of benzene rings is 1. The molecule has 0 radical (unpaired) electrons. The van der Waals surface area contributed by atoms with Gasteiger partial charge in [-0.15, -0.1) is 0 Å². The van der Waals surface area contributed by atoms with Crippen molar-refractivity contribution in [3.63, 3.8) is 0 Å². The second-order valence-electron chi connectivity index (χ2n) is 8.41. The molecular weight excluding hydrogens is 362 g/mol. The van der Waals surface area contributed by atoms with Gasteiger partial charge in [0, 0.05) is 38.8 Å². The van der Waals surface area contributed by atoms with E-state index in [9.17, 15) is 4.79 Å². The van der Waals surface area contributed by atoms with Crippen LogP contribution in [0, 0.1) is 13.8 Å². The number of fused-ring (bicyclic) bond motifs is 1. The van der Waals surface area contributed by atoms with Crippen LogP contribution in [0.15, 0.2) is 24.3 Å².